The zero-order valence-electron chi connectivity index (χ0n) is 12.5. The number of aromatic nitrogens is 3. The van der Waals surface area contributed by atoms with E-state index in [4.69, 9.17) is 0 Å². The lowest BCUT2D eigenvalue weighted by Crippen LogP contribution is -1.83. The summed E-state index contributed by atoms with van der Waals surface area (Å²) in [5.74, 6) is 0. The summed E-state index contributed by atoms with van der Waals surface area (Å²) in [6.45, 7) is 0. The van der Waals surface area contributed by atoms with Crippen molar-refractivity contribution in [2.45, 2.75) is 0 Å². The zero-order valence-corrected chi connectivity index (χ0v) is 12.5. The molecule has 1 N–H and O–H groups in total. The van der Waals surface area contributed by atoms with Crippen LogP contribution in [0.4, 0.5) is 0 Å². The van der Waals surface area contributed by atoms with Crippen LogP contribution in [0.15, 0.2) is 85.5 Å². The molecule has 3 aromatic heterocycles. The molecule has 0 bridgehead atoms. The van der Waals surface area contributed by atoms with Gasteiger partial charge in [0.1, 0.15) is 0 Å². The second-order valence-electron chi connectivity index (χ2n) is 5.31. The predicted octanol–water partition coefficient (Wildman–Crippen LogP) is 4.81. The fourth-order valence-electron chi connectivity index (χ4n) is 2.73. The van der Waals surface area contributed by atoms with Crippen molar-refractivity contribution in [2.24, 2.45) is 0 Å². The highest BCUT2D eigenvalue weighted by molar-refractivity contribution is 5.85. The Labute approximate surface area is 134 Å². The normalized spacial score (nSPS) is 10.6. The lowest BCUT2D eigenvalue weighted by Gasteiger charge is -2.03. The molecule has 0 radical (unpaired) electrons. The maximum atomic E-state index is 4.12. The van der Waals surface area contributed by atoms with E-state index in [2.05, 4.69) is 33.2 Å². The van der Waals surface area contributed by atoms with Crippen LogP contribution in [0.3, 0.4) is 0 Å². The first-order valence-electron chi connectivity index (χ1n) is 7.51. The summed E-state index contributed by atoms with van der Waals surface area (Å²) in [6, 6.07) is 20.6. The molecule has 3 nitrogen and oxygen atoms in total. The Morgan fingerprint density at radius 1 is 0.609 bits per heavy atom. The van der Waals surface area contributed by atoms with Crippen LogP contribution in [0.1, 0.15) is 0 Å². The fourth-order valence-corrected chi connectivity index (χ4v) is 2.73. The Morgan fingerprint density at radius 3 is 1.87 bits per heavy atom. The van der Waals surface area contributed by atoms with E-state index in [1.54, 1.807) is 0 Å². The predicted molar refractivity (Wildman–Crippen MR) is 92.7 cm³/mol. The molecule has 0 aliphatic rings. The fraction of sp³-hybridized carbons (Fsp3) is 0. The second kappa shape index (κ2) is 5.89. The van der Waals surface area contributed by atoms with Crippen molar-refractivity contribution in [3.8, 4) is 33.6 Å². The van der Waals surface area contributed by atoms with Crippen LogP contribution in [0.25, 0.3) is 33.6 Å². The van der Waals surface area contributed by atoms with Crippen molar-refractivity contribution in [2.75, 3.05) is 0 Å². The minimum Gasteiger partial charge on any atom is -0.354 e. The van der Waals surface area contributed by atoms with Gasteiger partial charge in [0.25, 0.3) is 0 Å². The molecule has 4 aromatic rings. The van der Waals surface area contributed by atoms with E-state index in [-0.39, 0.29) is 0 Å². The first kappa shape index (κ1) is 13.5. The summed E-state index contributed by atoms with van der Waals surface area (Å²) in [7, 11) is 0. The second-order valence-corrected chi connectivity index (χ2v) is 5.31. The van der Waals surface area contributed by atoms with Crippen LogP contribution in [0.2, 0.25) is 0 Å². The molecule has 0 fully saturated rings. The van der Waals surface area contributed by atoms with Crippen molar-refractivity contribution in [1.82, 2.24) is 15.0 Å². The highest BCUT2D eigenvalue weighted by Crippen LogP contribution is 2.35. The zero-order chi connectivity index (χ0) is 15.5. The summed E-state index contributed by atoms with van der Waals surface area (Å²) in [5, 5.41) is 0. The lowest BCUT2D eigenvalue weighted by molar-refractivity contribution is 1.31. The van der Waals surface area contributed by atoms with Crippen LogP contribution in [0.5, 0.6) is 0 Å². The number of hydrogen-bond acceptors (Lipinski definition) is 2. The number of aromatic amines is 1. The summed E-state index contributed by atoms with van der Waals surface area (Å²) >= 11 is 0. The van der Waals surface area contributed by atoms with Gasteiger partial charge in [-0.2, -0.15) is 0 Å². The molecule has 1 aromatic carbocycles. The highest BCUT2D eigenvalue weighted by atomic mass is 14.7. The standard InChI is InChI=1S/C20H15N3/c1-2-4-16(5-3-1)19-14-18(15-6-10-21-11-7-15)20(23-19)17-8-12-22-13-9-17/h1-14,23H. The van der Waals surface area contributed by atoms with E-state index in [1.165, 1.54) is 5.56 Å². The largest absolute Gasteiger partial charge is 0.354 e. The monoisotopic (exact) mass is 297 g/mol. The molecule has 4 rings (SSSR count). The Kier molecular flexibility index (Phi) is 3.45. The minimum absolute atomic E-state index is 1.09. The van der Waals surface area contributed by atoms with E-state index in [9.17, 15) is 0 Å². The average molecular weight is 297 g/mol. The quantitative estimate of drug-likeness (QED) is 0.590. The minimum atomic E-state index is 1.09. The number of nitrogens with zero attached hydrogens (tertiary/aromatic N) is 2. The number of nitrogens with one attached hydrogen (secondary N) is 1. The third-order valence-corrected chi connectivity index (χ3v) is 3.86. The topological polar surface area (TPSA) is 41.6 Å². The Morgan fingerprint density at radius 2 is 1.22 bits per heavy atom. The van der Waals surface area contributed by atoms with Crippen molar-refractivity contribution in [3.05, 3.63) is 85.5 Å². The Balaban J connectivity index is 1.91. The molecule has 0 unspecified atom stereocenters. The highest BCUT2D eigenvalue weighted by Gasteiger charge is 2.13. The molecule has 0 spiro atoms. The number of rotatable bonds is 3. The molecule has 3 heteroatoms. The van der Waals surface area contributed by atoms with Crippen molar-refractivity contribution in [3.63, 3.8) is 0 Å². The van der Waals surface area contributed by atoms with E-state index in [0.717, 1.165) is 28.1 Å². The van der Waals surface area contributed by atoms with Crippen LogP contribution >= 0.6 is 0 Å². The van der Waals surface area contributed by atoms with Gasteiger partial charge in [-0.1, -0.05) is 30.3 Å². The van der Waals surface area contributed by atoms with Crippen LogP contribution in [-0.4, -0.2) is 15.0 Å². The maximum Gasteiger partial charge on any atom is 0.0539 e. The smallest absolute Gasteiger partial charge is 0.0539 e. The third-order valence-electron chi connectivity index (χ3n) is 3.86. The summed E-state index contributed by atoms with van der Waals surface area (Å²) < 4.78 is 0. The molecular formula is C20H15N3. The van der Waals surface area contributed by atoms with E-state index in [0.29, 0.717) is 0 Å². The number of pyridine rings is 2. The summed E-state index contributed by atoms with van der Waals surface area (Å²) in [4.78, 5) is 11.8. The molecule has 0 aliphatic heterocycles. The van der Waals surface area contributed by atoms with Crippen LogP contribution < -0.4 is 0 Å². The lowest BCUT2D eigenvalue weighted by atomic mass is 10.0. The SMILES string of the molecule is c1ccc(-c2cc(-c3ccncc3)c(-c3ccncc3)[nH]2)cc1. The molecular weight excluding hydrogens is 282 g/mol. The van der Waals surface area contributed by atoms with Gasteiger partial charge in [0.2, 0.25) is 0 Å². The first-order chi connectivity index (χ1) is 11.4. The van der Waals surface area contributed by atoms with Gasteiger partial charge in [-0.3, -0.25) is 9.97 Å². The van der Waals surface area contributed by atoms with Gasteiger partial charge in [0.15, 0.2) is 0 Å². The number of benzene rings is 1. The van der Waals surface area contributed by atoms with Gasteiger partial charge in [-0.05, 0) is 41.5 Å². The molecule has 23 heavy (non-hydrogen) atoms. The summed E-state index contributed by atoms with van der Waals surface area (Å²) in [6.07, 6.45) is 7.27. The molecule has 0 saturated heterocycles. The van der Waals surface area contributed by atoms with Crippen molar-refractivity contribution >= 4 is 0 Å². The van der Waals surface area contributed by atoms with Gasteiger partial charge >= 0.3 is 0 Å². The van der Waals surface area contributed by atoms with Gasteiger partial charge in [-0.25, -0.2) is 0 Å². The van der Waals surface area contributed by atoms with Gasteiger partial charge in [0, 0.05) is 41.6 Å². The molecule has 0 aliphatic carbocycles. The van der Waals surface area contributed by atoms with Gasteiger partial charge < -0.3 is 4.98 Å². The van der Waals surface area contributed by atoms with E-state index in [1.807, 2.05) is 67.3 Å². The van der Waals surface area contributed by atoms with E-state index < -0.39 is 0 Å². The molecule has 0 amide bonds. The van der Waals surface area contributed by atoms with E-state index >= 15 is 0 Å². The van der Waals surface area contributed by atoms with Crippen LogP contribution in [0, 0.1) is 0 Å². The Bertz CT molecular complexity index is 841. The third kappa shape index (κ3) is 2.64. The maximum absolute atomic E-state index is 4.12. The average Bonchev–Trinajstić information content (AvgIpc) is 3.09. The molecule has 110 valence electrons. The molecule has 0 saturated carbocycles. The first-order valence-corrected chi connectivity index (χ1v) is 7.51. The Hall–Kier alpha value is -3.20. The van der Waals surface area contributed by atoms with Gasteiger partial charge in [0.05, 0.1) is 5.69 Å². The van der Waals surface area contributed by atoms with Crippen molar-refractivity contribution in [1.29, 1.82) is 0 Å². The number of hydrogen-bond donors (Lipinski definition) is 1. The number of H-pyrrole nitrogens is 1. The molecule has 3 heterocycles. The van der Waals surface area contributed by atoms with Gasteiger partial charge in [-0.15, -0.1) is 0 Å². The van der Waals surface area contributed by atoms with Crippen molar-refractivity contribution < 1.29 is 0 Å². The summed E-state index contributed by atoms with van der Waals surface area (Å²) in [5.41, 5.74) is 6.79. The van der Waals surface area contributed by atoms with Crippen LogP contribution in [-0.2, 0) is 0 Å². The molecule has 0 atom stereocenters.